The largest absolute Gasteiger partial charge is 0.307 e. The highest BCUT2D eigenvalue weighted by molar-refractivity contribution is 6.28. The molecule has 0 spiro atoms. The molecule has 0 bridgehead atoms. The van der Waals surface area contributed by atoms with Crippen molar-refractivity contribution in [2.45, 2.75) is 0 Å². The first-order valence-electron chi connectivity index (χ1n) is 16.0. The lowest BCUT2D eigenvalue weighted by atomic mass is 10.0. The number of hydrogen-bond acceptors (Lipinski definition) is 2. The third-order valence-electron chi connectivity index (χ3n) is 9.68. The summed E-state index contributed by atoms with van der Waals surface area (Å²) in [6, 6.07) is 53.4. The van der Waals surface area contributed by atoms with Crippen LogP contribution in [-0.2, 0) is 0 Å². The number of nitrogens with one attached hydrogen (secondary N) is 2. The molecule has 10 rings (SSSR count). The van der Waals surface area contributed by atoms with Gasteiger partial charge in [-0.25, -0.2) is 0 Å². The van der Waals surface area contributed by atoms with Crippen LogP contribution in [0.5, 0.6) is 0 Å². The Morgan fingerprint density at radius 2 is 1.04 bits per heavy atom. The Morgan fingerprint density at radius 3 is 1.81 bits per heavy atom. The standard InChI is InChI=1S/C43H28N4/c44-37(27-12-3-1-4-13-27)26-38(28-14-5-2-6-15-28)45-47-40-21-10-8-17-31(40)36-25-35-29(24-41(36)47)22-23-34-33-19-11-18-32-30-16-7-9-20-39(30)46(42(32)33)43(34)35/h1-26,44-45H/b38-26-,44-37?. The summed E-state index contributed by atoms with van der Waals surface area (Å²) in [4.78, 5) is 0. The lowest BCUT2D eigenvalue weighted by Gasteiger charge is -2.16. The van der Waals surface area contributed by atoms with Gasteiger partial charge in [-0.2, -0.15) is 0 Å². The number of rotatable bonds is 5. The highest BCUT2D eigenvalue weighted by Crippen LogP contribution is 2.43. The fourth-order valence-electron chi connectivity index (χ4n) is 7.58. The van der Waals surface area contributed by atoms with E-state index in [9.17, 15) is 0 Å². The molecule has 47 heavy (non-hydrogen) atoms. The predicted octanol–water partition coefficient (Wildman–Crippen LogP) is 10.8. The van der Waals surface area contributed by atoms with Crippen molar-refractivity contribution in [1.82, 2.24) is 9.08 Å². The fourth-order valence-corrected chi connectivity index (χ4v) is 7.58. The number of hydrogen-bond donors (Lipinski definition) is 2. The van der Waals surface area contributed by atoms with E-state index in [4.69, 9.17) is 5.41 Å². The van der Waals surface area contributed by atoms with Gasteiger partial charge in [0.2, 0.25) is 0 Å². The molecule has 0 amide bonds. The van der Waals surface area contributed by atoms with Gasteiger partial charge < -0.3 is 9.81 Å². The molecule has 0 aliphatic carbocycles. The van der Waals surface area contributed by atoms with Crippen molar-refractivity contribution >= 4 is 82.1 Å². The molecule has 7 aromatic carbocycles. The zero-order chi connectivity index (χ0) is 31.1. The molecule has 4 heteroatoms. The Kier molecular flexibility index (Phi) is 5.40. The predicted molar refractivity (Wildman–Crippen MR) is 199 cm³/mol. The molecule has 3 heterocycles. The van der Waals surface area contributed by atoms with Crippen LogP contribution in [0.15, 0.2) is 158 Å². The van der Waals surface area contributed by atoms with Crippen LogP contribution in [0.1, 0.15) is 11.1 Å². The number of nitrogens with zero attached hydrogens (tertiary/aromatic N) is 2. The number of benzene rings is 7. The normalized spacial score (nSPS) is 12.5. The molecule has 0 aliphatic rings. The van der Waals surface area contributed by atoms with E-state index in [1.807, 2.05) is 54.6 Å². The number of para-hydroxylation sites is 3. The minimum absolute atomic E-state index is 0.448. The van der Waals surface area contributed by atoms with E-state index >= 15 is 0 Å². The SMILES string of the molecule is N=C(/C=C(\Nn1c2ccccc2c2cc3c(ccc4c5cccc6c7ccccc7n(c34)c65)cc21)c1ccccc1)c1ccccc1. The average Bonchev–Trinajstić information content (AvgIpc) is 3.76. The summed E-state index contributed by atoms with van der Waals surface area (Å²) in [6.45, 7) is 0. The number of aromatic nitrogens is 2. The molecule has 0 unspecified atom stereocenters. The summed E-state index contributed by atoms with van der Waals surface area (Å²) < 4.78 is 4.67. The molecule has 10 aromatic rings. The van der Waals surface area contributed by atoms with Crippen LogP contribution in [0.2, 0.25) is 0 Å². The van der Waals surface area contributed by atoms with Crippen molar-refractivity contribution in [3.63, 3.8) is 0 Å². The minimum Gasteiger partial charge on any atom is -0.307 e. The van der Waals surface area contributed by atoms with Crippen LogP contribution >= 0.6 is 0 Å². The Bertz CT molecular complexity index is 2870. The van der Waals surface area contributed by atoms with Gasteiger partial charge in [0.25, 0.3) is 0 Å². The molecular weight excluding hydrogens is 573 g/mol. The second-order valence-corrected chi connectivity index (χ2v) is 12.3. The monoisotopic (exact) mass is 600 g/mol. The molecule has 0 fully saturated rings. The smallest absolute Gasteiger partial charge is 0.0716 e. The van der Waals surface area contributed by atoms with E-state index in [2.05, 4.69) is 118 Å². The van der Waals surface area contributed by atoms with Gasteiger partial charge in [0.1, 0.15) is 0 Å². The van der Waals surface area contributed by atoms with Crippen molar-refractivity contribution in [2.24, 2.45) is 0 Å². The van der Waals surface area contributed by atoms with E-state index < -0.39 is 0 Å². The van der Waals surface area contributed by atoms with E-state index in [-0.39, 0.29) is 0 Å². The lowest BCUT2D eigenvalue weighted by molar-refractivity contribution is 1.06. The summed E-state index contributed by atoms with van der Waals surface area (Å²) in [7, 11) is 0. The van der Waals surface area contributed by atoms with Crippen LogP contribution < -0.4 is 5.43 Å². The molecule has 2 N–H and O–H groups in total. The molecule has 0 radical (unpaired) electrons. The third kappa shape index (κ3) is 3.73. The summed E-state index contributed by atoms with van der Waals surface area (Å²) in [6.07, 6.45) is 1.93. The van der Waals surface area contributed by atoms with Gasteiger partial charge in [-0.05, 0) is 46.9 Å². The number of allylic oxidation sites excluding steroid dienone is 1. The second-order valence-electron chi connectivity index (χ2n) is 12.3. The average molecular weight is 601 g/mol. The molecular formula is C43H28N4. The summed E-state index contributed by atoms with van der Waals surface area (Å²) in [5, 5.41) is 18.9. The van der Waals surface area contributed by atoms with Crippen molar-refractivity contribution in [1.29, 1.82) is 5.41 Å². The first kappa shape index (κ1) is 25.9. The minimum atomic E-state index is 0.448. The van der Waals surface area contributed by atoms with E-state index in [0.29, 0.717) is 5.71 Å². The molecule has 0 saturated heterocycles. The van der Waals surface area contributed by atoms with Crippen LogP contribution in [0.25, 0.3) is 76.4 Å². The van der Waals surface area contributed by atoms with Crippen molar-refractivity contribution in [3.8, 4) is 0 Å². The van der Waals surface area contributed by atoms with Gasteiger partial charge in [-0.15, -0.1) is 0 Å². The van der Waals surface area contributed by atoms with E-state index in [1.54, 1.807) is 0 Å². The van der Waals surface area contributed by atoms with Crippen molar-refractivity contribution < 1.29 is 0 Å². The Labute approximate surface area is 270 Å². The van der Waals surface area contributed by atoms with Gasteiger partial charge in [0, 0.05) is 37.7 Å². The van der Waals surface area contributed by atoms with E-state index in [0.717, 1.165) is 27.9 Å². The second kappa shape index (κ2) is 9.80. The van der Waals surface area contributed by atoms with Gasteiger partial charge >= 0.3 is 0 Å². The molecule has 220 valence electrons. The summed E-state index contributed by atoms with van der Waals surface area (Å²) in [5.41, 5.74) is 12.9. The van der Waals surface area contributed by atoms with Crippen LogP contribution in [0, 0.1) is 5.41 Å². The van der Waals surface area contributed by atoms with Crippen molar-refractivity contribution in [3.05, 3.63) is 169 Å². The Balaban J connectivity index is 1.25. The molecule has 0 aliphatic heterocycles. The maximum Gasteiger partial charge on any atom is 0.0716 e. The van der Waals surface area contributed by atoms with Gasteiger partial charge in [0.15, 0.2) is 0 Å². The first-order valence-corrected chi connectivity index (χ1v) is 16.0. The van der Waals surface area contributed by atoms with Gasteiger partial charge in [0.05, 0.1) is 39.0 Å². The summed E-state index contributed by atoms with van der Waals surface area (Å²) >= 11 is 0. The van der Waals surface area contributed by atoms with E-state index in [1.165, 1.54) is 59.6 Å². The topological polar surface area (TPSA) is 45.2 Å². The van der Waals surface area contributed by atoms with Crippen LogP contribution in [0.4, 0.5) is 0 Å². The zero-order valence-electron chi connectivity index (χ0n) is 25.4. The number of fused-ring (bicyclic) bond motifs is 11. The zero-order valence-corrected chi connectivity index (χ0v) is 25.4. The highest BCUT2D eigenvalue weighted by Gasteiger charge is 2.20. The van der Waals surface area contributed by atoms with Gasteiger partial charge in [-0.1, -0.05) is 127 Å². The fraction of sp³-hybridized carbons (Fsp3) is 0. The summed E-state index contributed by atoms with van der Waals surface area (Å²) in [5.74, 6) is 0. The van der Waals surface area contributed by atoms with Crippen LogP contribution in [0.3, 0.4) is 0 Å². The Hall–Kier alpha value is -6.39. The highest BCUT2D eigenvalue weighted by atomic mass is 15.4. The Morgan fingerprint density at radius 1 is 0.468 bits per heavy atom. The van der Waals surface area contributed by atoms with Crippen molar-refractivity contribution in [2.75, 3.05) is 5.43 Å². The molecule has 0 atom stereocenters. The first-order chi connectivity index (χ1) is 23.2. The molecule has 0 saturated carbocycles. The maximum absolute atomic E-state index is 8.96. The lowest BCUT2D eigenvalue weighted by Crippen LogP contribution is -2.14. The van der Waals surface area contributed by atoms with Crippen LogP contribution in [-0.4, -0.2) is 14.8 Å². The van der Waals surface area contributed by atoms with Gasteiger partial charge in [-0.3, -0.25) is 10.1 Å². The quantitative estimate of drug-likeness (QED) is 0.190. The third-order valence-corrected chi connectivity index (χ3v) is 9.68. The molecule has 3 aromatic heterocycles. The maximum atomic E-state index is 8.96. The molecule has 4 nitrogen and oxygen atoms in total.